The second-order valence-corrected chi connectivity index (χ2v) is 11.8. The monoisotopic (exact) mass is 650 g/mol. The van der Waals surface area contributed by atoms with E-state index in [2.05, 4.69) is 112 Å². The van der Waals surface area contributed by atoms with E-state index in [4.69, 9.17) is 15.0 Å². The summed E-state index contributed by atoms with van der Waals surface area (Å²) in [5.41, 5.74) is 12.1. The maximum Gasteiger partial charge on any atom is 2.00 e. The molecule has 1 heterocycles. The number of benzene rings is 2. The van der Waals surface area contributed by atoms with Gasteiger partial charge >= 0.3 is 16.8 Å². The SMILES string of the molecule is C=CCc1cc(C(C)C)c(/N=C(/C)c2cccc(/C(C)=N/c3c(C(C)C)cccc3C(C)C)n2)c(C(C)C)c1.[Cl-].[Cl-].[Co+2]. The summed E-state index contributed by atoms with van der Waals surface area (Å²) >= 11 is 0. The zero-order chi connectivity index (χ0) is 28.9. The van der Waals surface area contributed by atoms with Gasteiger partial charge in [-0.3, -0.25) is 9.98 Å². The van der Waals surface area contributed by atoms with Gasteiger partial charge in [-0.1, -0.05) is 97.9 Å². The number of aliphatic imine (C=N–C) groups is 2. The average molecular weight is 652 g/mol. The molecule has 0 spiro atoms. The smallest absolute Gasteiger partial charge is 1.00 e. The molecular formula is C36H47Cl2CoN3. The first kappa shape index (κ1) is 39.8. The predicted molar refractivity (Wildman–Crippen MR) is 171 cm³/mol. The van der Waals surface area contributed by atoms with Crippen molar-refractivity contribution in [2.75, 3.05) is 0 Å². The minimum absolute atomic E-state index is 0. The van der Waals surface area contributed by atoms with Crippen LogP contribution in [0.1, 0.15) is 132 Å². The maximum atomic E-state index is 5.22. The van der Waals surface area contributed by atoms with Crippen molar-refractivity contribution in [3.63, 3.8) is 0 Å². The molecule has 0 N–H and O–H groups in total. The molecule has 0 saturated carbocycles. The van der Waals surface area contributed by atoms with Crippen molar-refractivity contribution in [3.05, 3.63) is 100 Å². The van der Waals surface area contributed by atoms with E-state index in [-0.39, 0.29) is 41.6 Å². The van der Waals surface area contributed by atoms with Crippen LogP contribution in [-0.4, -0.2) is 16.4 Å². The van der Waals surface area contributed by atoms with Crippen LogP contribution in [0.15, 0.2) is 71.2 Å². The number of hydrogen-bond acceptors (Lipinski definition) is 3. The van der Waals surface area contributed by atoms with Crippen LogP contribution in [0.4, 0.5) is 11.4 Å². The summed E-state index contributed by atoms with van der Waals surface area (Å²) in [5, 5.41) is 0. The minimum atomic E-state index is 0. The number of allylic oxidation sites excluding steroid dienone is 1. The Kier molecular flexibility index (Phi) is 16.8. The third-order valence-corrected chi connectivity index (χ3v) is 7.24. The average Bonchev–Trinajstić information content (AvgIpc) is 2.88. The summed E-state index contributed by atoms with van der Waals surface area (Å²) in [4.78, 5) is 15.4. The van der Waals surface area contributed by atoms with Crippen molar-refractivity contribution in [2.45, 2.75) is 99.3 Å². The molecule has 0 atom stereocenters. The molecule has 6 heteroatoms. The molecule has 0 unspecified atom stereocenters. The third kappa shape index (κ3) is 9.64. The molecular weight excluding hydrogens is 604 g/mol. The normalized spacial score (nSPS) is 11.9. The maximum absolute atomic E-state index is 5.22. The fourth-order valence-electron chi connectivity index (χ4n) is 4.97. The molecule has 2 aromatic carbocycles. The Labute approximate surface area is 277 Å². The molecule has 1 radical (unpaired) electrons. The minimum Gasteiger partial charge on any atom is -1.00 e. The van der Waals surface area contributed by atoms with Crippen LogP contribution in [0.25, 0.3) is 0 Å². The van der Waals surface area contributed by atoms with Crippen LogP contribution >= 0.6 is 0 Å². The number of aromatic nitrogens is 1. The number of para-hydroxylation sites is 1. The first-order chi connectivity index (χ1) is 18.4. The Morgan fingerprint density at radius 1 is 0.667 bits per heavy atom. The number of pyridine rings is 1. The van der Waals surface area contributed by atoms with Crippen LogP contribution in [0.5, 0.6) is 0 Å². The first-order valence-corrected chi connectivity index (χ1v) is 14.4. The van der Waals surface area contributed by atoms with Gasteiger partial charge in [0.1, 0.15) is 0 Å². The van der Waals surface area contributed by atoms with Crippen molar-refractivity contribution in [1.29, 1.82) is 0 Å². The standard InChI is InChI=1S/C36H47N3.2ClH.Co/c1-12-15-28-20-31(24(6)7)36(32(21-28)25(8)9)38-27(11)34-19-14-18-33(39-34)26(10)37-35-29(22(2)3)16-13-17-30(35)23(4)5;;;/h12-14,16-25H,1,15H2,2-11H3;2*1H;/q;;;+2/p-2/b37-26+,38-27-;;;. The molecule has 229 valence electrons. The van der Waals surface area contributed by atoms with Crippen molar-refractivity contribution < 1.29 is 41.6 Å². The number of hydrogen-bond donors (Lipinski definition) is 0. The van der Waals surface area contributed by atoms with Gasteiger partial charge in [0.2, 0.25) is 0 Å². The largest absolute Gasteiger partial charge is 2.00 e. The Hall–Kier alpha value is -2.24. The van der Waals surface area contributed by atoms with Gasteiger partial charge in [-0.15, -0.1) is 6.58 Å². The molecule has 3 nitrogen and oxygen atoms in total. The van der Waals surface area contributed by atoms with Gasteiger partial charge < -0.3 is 24.8 Å². The quantitative estimate of drug-likeness (QED) is 0.234. The van der Waals surface area contributed by atoms with Gasteiger partial charge in [-0.2, -0.15) is 0 Å². The third-order valence-electron chi connectivity index (χ3n) is 7.24. The number of halogens is 2. The molecule has 1 aromatic heterocycles. The van der Waals surface area contributed by atoms with Crippen LogP contribution in [0.3, 0.4) is 0 Å². The topological polar surface area (TPSA) is 37.6 Å². The Morgan fingerprint density at radius 3 is 1.38 bits per heavy atom. The van der Waals surface area contributed by atoms with E-state index in [9.17, 15) is 0 Å². The molecule has 3 rings (SSSR count). The summed E-state index contributed by atoms with van der Waals surface area (Å²) in [7, 11) is 0. The first-order valence-electron chi connectivity index (χ1n) is 14.4. The second kappa shape index (κ2) is 17.8. The number of rotatable bonds is 10. The van der Waals surface area contributed by atoms with Crippen molar-refractivity contribution in [3.8, 4) is 0 Å². The fraction of sp³-hybridized carbons (Fsp3) is 0.417. The molecule has 0 aliphatic heterocycles. The molecule has 0 aliphatic carbocycles. The van der Waals surface area contributed by atoms with Gasteiger partial charge in [0.25, 0.3) is 0 Å². The van der Waals surface area contributed by atoms with E-state index >= 15 is 0 Å². The molecule has 3 aromatic rings. The zero-order valence-electron chi connectivity index (χ0n) is 26.9. The van der Waals surface area contributed by atoms with E-state index < -0.39 is 0 Å². The van der Waals surface area contributed by atoms with E-state index in [1.165, 1.54) is 27.8 Å². The molecule has 0 aliphatic rings. The van der Waals surface area contributed by atoms with E-state index in [1.807, 2.05) is 18.2 Å². The van der Waals surface area contributed by atoms with Gasteiger partial charge in [-0.05, 0) is 83.9 Å². The van der Waals surface area contributed by atoms with Crippen LogP contribution in [-0.2, 0) is 23.2 Å². The van der Waals surface area contributed by atoms with Crippen LogP contribution < -0.4 is 24.8 Å². The van der Waals surface area contributed by atoms with Gasteiger partial charge in [0.15, 0.2) is 0 Å². The van der Waals surface area contributed by atoms with Crippen molar-refractivity contribution in [1.82, 2.24) is 4.98 Å². The van der Waals surface area contributed by atoms with E-state index in [0.29, 0.717) is 23.7 Å². The second-order valence-electron chi connectivity index (χ2n) is 11.8. The Morgan fingerprint density at radius 2 is 1.02 bits per heavy atom. The Balaban J connectivity index is 0.00000560. The van der Waals surface area contributed by atoms with Gasteiger partial charge in [-0.25, -0.2) is 4.98 Å². The molecule has 0 bridgehead atoms. The molecule has 0 amide bonds. The zero-order valence-corrected chi connectivity index (χ0v) is 29.4. The van der Waals surface area contributed by atoms with Crippen LogP contribution in [0.2, 0.25) is 0 Å². The van der Waals surface area contributed by atoms with E-state index in [1.54, 1.807) is 0 Å². The van der Waals surface area contributed by atoms with Crippen molar-refractivity contribution >= 4 is 22.8 Å². The Bertz CT molecular complexity index is 1330. The van der Waals surface area contributed by atoms with E-state index in [0.717, 1.165) is 40.6 Å². The summed E-state index contributed by atoms with van der Waals surface area (Å²) in [6, 6.07) is 17.3. The fourth-order valence-corrected chi connectivity index (χ4v) is 4.97. The molecule has 0 fully saturated rings. The van der Waals surface area contributed by atoms with Crippen molar-refractivity contribution in [2.24, 2.45) is 9.98 Å². The van der Waals surface area contributed by atoms with Gasteiger partial charge in [0.05, 0.1) is 34.2 Å². The summed E-state index contributed by atoms with van der Waals surface area (Å²) in [6.07, 6.45) is 2.84. The summed E-state index contributed by atoms with van der Waals surface area (Å²) in [6.45, 7) is 26.0. The molecule has 0 saturated heterocycles. The van der Waals surface area contributed by atoms with Gasteiger partial charge in [0, 0.05) is 0 Å². The predicted octanol–water partition coefficient (Wildman–Crippen LogP) is 4.59. The summed E-state index contributed by atoms with van der Waals surface area (Å²) < 4.78 is 0. The number of nitrogens with zero attached hydrogens (tertiary/aromatic N) is 3. The summed E-state index contributed by atoms with van der Waals surface area (Å²) in [5.74, 6) is 1.52. The molecule has 42 heavy (non-hydrogen) atoms. The van der Waals surface area contributed by atoms with Crippen LogP contribution in [0, 0.1) is 0 Å².